The standard InChI is InChI=1S/C20H28FN3O2S.ClH/c21-16-6-1-2-8-18(16)27-12-9-19(25)24-11-4-5-15(14-24)13-23-20(26)17-7-3-10-22-17;/h1-2,6,8,15,17,22H,3-5,7,9-14H2,(H,23,26);1H. The number of hydrogen-bond donors (Lipinski definition) is 2. The Balaban J connectivity index is 0.00000280. The maximum absolute atomic E-state index is 13.6. The van der Waals surface area contributed by atoms with Gasteiger partial charge in [-0.25, -0.2) is 4.39 Å². The van der Waals surface area contributed by atoms with E-state index in [-0.39, 0.29) is 36.1 Å². The molecule has 0 radical (unpaired) electrons. The zero-order valence-corrected chi connectivity index (χ0v) is 17.6. The van der Waals surface area contributed by atoms with Crippen LogP contribution in [-0.2, 0) is 9.59 Å². The molecule has 2 heterocycles. The van der Waals surface area contributed by atoms with Gasteiger partial charge in [-0.05, 0) is 50.3 Å². The van der Waals surface area contributed by atoms with Gasteiger partial charge in [0.25, 0.3) is 0 Å². The van der Waals surface area contributed by atoms with Gasteiger partial charge in [-0.3, -0.25) is 9.59 Å². The summed E-state index contributed by atoms with van der Waals surface area (Å²) in [5.74, 6) is 0.850. The second kappa shape index (κ2) is 11.6. The fraction of sp³-hybridized carbons (Fsp3) is 0.600. The molecule has 0 saturated carbocycles. The zero-order chi connectivity index (χ0) is 19.1. The smallest absolute Gasteiger partial charge is 0.237 e. The van der Waals surface area contributed by atoms with Crippen LogP contribution in [-0.4, -0.2) is 54.7 Å². The summed E-state index contributed by atoms with van der Waals surface area (Å²) < 4.78 is 13.6. The van der Waals surface area contributed by atoms with Crippen LogP contribution in [0.4, 0.5) is 4.39 Å². The van der Waals surface area contributed by atoms with Crippen LogP contribution in [0.25, 0.3) is 0 Å². The molecule has 2 fully saturated rings. The van der Waals surface area contributed by atoms with Crippen LogP contribution in [0.3, 0.4) is 0 Å². The Labute approximate surface area is 176 Å². The lowest BCUT2D eigenvalue weighted by atomic mass is 9.97. The predicted octanol–water partition coefficient (Wildman–Crippen LogP) is 2.84. The van der Waals surface area contributed by atoms with Gasteiger partial charge in [0, 0.05) is 36.7 Å². The third kappa shape index (κ3) is 6.64. The second-order valence-electron chi connectivity index (χ2n) is 7.27. The maximum Gasteiger partial charge on any atom is 0.237 e. The molecule has 8 heteroatoms. The van der Waals surface area contributed by atoms with Crippen LogP contribution in [0.5, 0.6) is 0 Å². The first kappa shape index (κ1) is 23.0. The third-order valence-corrected chi connectivity index (χ3v) is 6.27. The van der Waals surface area contributed by atoms with Crippen LogP contribution >= 0.6 is 24.2 Å². The molecule has 0 aromatic heterocycles. The molecule has 5 nitrogen and oxygen atoms in total. The molecule has 2 aliphatic rings. The fourth-order valence-corrected chi connectivity index (χ4v) is 4.58. The van der Waals surface area contributed by atoms with Crippen molar-refractivity contribution in [2.24, 2.45) is 5.92 Å². The summed E-state index contributed by atoms with van der Waals surface area (Å²) in [4.78, 5) is 27.1. The molecule has 0 aliphatic carbocycles. The lowest BCUT2D eigenvalue weighted by molar-refractivity contribution is -0.132. The molecular weight excluding hydrogens is 401 g/mol. The highest BCUT2D eigenvalue weighted by Gasteiger charge is 2.26. The van der Waals surface area contributed by atoms with Gasteiger partial charge in [0.05, 0.1) is 6.04 Å². The molecule has 2 N–H and O–H groups in total. The van der Waals surface area contributed by atoms with Crippen molar-refractivity contribution in [2.45, 2.75) is 43.0 Å². The highest BCUT2D eigenvalue weighted by Crippen LogP contribution is 2.23. The van der Waals surface area contributed by atoms with Gasteiger partial charge in [-0.15, -0.1) is 24.2 Å². The minimum Gasteiger partial charge on any atom is -0.354 e. The molecule has 2 aliphatic heterocycles. The van der Waals surface area contributed by atoms with Crippen molar-refractivity contribution in [3.63, 3.8) is 0 Å². The molecular formula is C20H29ClFN3O2S. The van der Waals surface area contributed by atoms with E-state index in [9.17, 15) is 14.0 Å². The maximum atomic E-state index is 13.6. The first-order valence-corrected chi connectivity index (χ1v) is 10.8. The van der Waals surface area contributed by atoms with Gasteiger partial charge in [-0.1, -0.05) is 12.1 Å². The lowest BCUT2D eigenvalue weighted by Crippen LogP contribution is -2.46. The average Bonchev–Trinajstić information content (AvgIpc) is 3.23. The van der Waals surface area contributed by atoms with Crippen molar-refractivity contribution in [1.29, 1.82) is 0 Å². The van der Waals surface area contributed by atoms with E-state index < -0.39 is 0 Å². The number of nitrogens with one attached hydrogen (secondary N) is 2. The minimum atomic E-state index is -0.236. The quantitative estimate of drug-likeness (QED) is 0.654. The van der Waals surface area contributed by atoms with E-state index in [0.717, 1.165) is 38.8 Å². The van der Waals surface area contributed by atoms with E-state index in [1.807, 2.05) is 4.90 Å². The van der Waals surface area contributed by atoms with Crippen LogP contribution in [0, 0.1) is 11.7 Å². The number of likely N-dealkylation sites (tertiary alicyclic amines) is 1. The molecule has 1 aromatic rings. The first-order chi connectivity index (χ1) is 13.1. The lowest BCUT2D eigenvalue weighted by Gasteiger charge is -2.33. The van der Waals surface area contributed by atoms with E-state index in [4.69, 9.17) is 0 Å². The number of thioether (sulfide) groups is 1. The van der Waals surface area contributed by atoms with Crippen molar-refractivity contribution in [3.05, 3.63) is 30.1 Å². The van der Waals surface area contributed by atoms with E-state index >= 15 is 0 Å². The summed E-state index contributed by atoms with van der Waals surface area (Å²) in [6.07, 6.45) is 4.36. The van der Waals surface area contributed by atoms with Gasteiger partial charge in [-0.2, -0.15) is 0 Å². The molecule has 2 amide bonds. The van der Waals surface area contributed by atoms with Gasteiger partial charge >= 0.3 is 0 Å². The van der Waals surface area contributed by atoms with Crippen molar-refractivity contribution in [1.82, 2.24) is 15.5 Å². The Kier molecular flexibility index (Phi) is 9.55. The number of carbonyl (C=O) groups excluding carboxylic acids is 2. The fourth-order valence-electron chi connectivity index (χ4n) is 3.70. The van der Waals surface area contributed by atoms with E-state index in [0.29, 0.717) is 36.1 Å². The predicted molar refractivity (Wildman–Crippen MR) is 112 cm³/mol. The number of rotatable bonds is 7. The van der Waals surface area contributed by atoms with Gasteiger partial charge in [0.1, 0.15) is 5.82 Å². The number of nitrogens with zero attached hydrogens (tertiary/aromatic N) is 1. The molecule has 2 saturated heterocycles. The highest BCUT2D eigenvalue weighted by molar-refractivity contribution is 7.99. The molecule has 0 spiro atoms. The topological polar surface area (TPSA) is 61.4 Å². The SMILES string of the molecule is Cl.O=C(NCC1CCCN(C(=O)CCSc2ccccc2F)C1)C1CCCN1. The van der Waals surface area contributed by atoms with Crippen LogP contribution in [0.15, 0.2) is 29.2 Å². The van der Waals surface area contributed by atoms with Crippen molar-refractivity contribution in [2.75, 3.05) is 31.9 Å². The number of carbonyl (C=O) groups is 2. The summed E-state index contributed by atoms with van der Waals surface area (Å²) in [5.41, 5.74) is 0. The summed E-state index contributed by atoms with van der Waals surface area (Å²) >= 11 is 1.38. The van der Waals surface area contributed by atoms with E-state index in [1.54, 1.807) is 18.2 Å². The van der Waals surface area contributed by atoms with Gasteiger partial charge < -0.3 is 15.5 Å². The summed E-state index contributed by atoms with van der Waals surface area (Å²) in [6.45, 7) is 3.01. The van der Waals surface area contributed by atoms with E-state index in [1.165, 1.54) is 17.8 Å². The van der Waals surface area contributed by atoms with Crippen molar-refractivity contribution >= 4 is 36.0 Å². The molecule has 28 heavy (non-hydrogen) atoms. The Morgan fingerprint density at radius 3 is 2.82 bits per heavy atom. The molecule has 0 bridgehead atoms. The van der Waals surface area contributed by atoms with Crippen LogP contribution < -0.4 is 10.6 Å². The average molecular weight is 430 g/mol. The number of halogens is 2. The van der Waals surface area contributed by atoms with E-state index in [2.05, 4.69) is 10.6 Å². The van der Waals surface area contributed by atoms with Crippen molar-refractivity contribution < 1.29 is 14.0 Å². The zero-order valence-electron chi connectivity index (χ0n) is 16.0. The Morgan fingerprint density at radius 2 is 2.07 bits per heavy atom. The van der Waals surface area contributed by atoms with Crippen LogP contribution in [0.1, 0.15) is 32.1 Å². The van der Waals surface area contributed by atoms with Crippen molar-refractivity contribution in [3.8, 4) is 0 Å². The number of hydrogen-bond acceptors (Lipinski definition) is 4. The highest BCUT2D eigenvalue weighted by atomic mass is 35.5. The minimum absolute atomic E-state index is 0. The molecule has 156 valence electrons. The number of benzene rings is 1. The van der Waals surface area contributed by atoms with Crippen LogP contribution in [0.2, 0.25) is 0 Å². The largest absolute Gasteiger partial charge is 0.354 e. The summed E-state index contributed by atoms with van der Waals surface area (Å²) in [5, 5.41) is 6.25. The van der Waals surface area contributed by atoms with Gasteiger partial charge in [0.15, 0.2) is 0 Å². The monoisotopic (exact) mass is 429 g/mol. The normalized spacial score (nSPS) is 21.8. The molecule has 1 aromatic carbocycles. The molecule has 2 unspecified atom stereocenters. The van der Waals surface area contributed by atoms with Gasteiger partial charge in [0.2, 0.25) is 11.8 Å². The third-order valence-electron chi connectivity index (χ3n) is 5.22. The Bertz CT molecular complexity index is 658. The Morgan fingerprint density at radius 1 is 1.25 bits per heavy atom. The summed E-state index contributed by atoms with van der Waals surface area (Å²) in [6, 6.07) is 6.59. The number of amides is 2. The second-order valence-corrected chi connectivity index (χ2v) is 8.41. The first-order valence-electron chi connectivity index (χ1n) is 9.79. The Hall–Kier alpha value is -1.31. The summed E-state index contributed by atoms with van der Waals surface area (Å²) in [7, 11) is 0. The molecule has 2 atom stereocenters. The number of piperidine rings is 1. The molecule has 3 rings (SSSR count).